The molecule has 9 heteroatoms. The van der Waals surface area contributed by atoms with E-state index in [1.54, 1.807) is 12.1 Å². The van der Waals surface area contributed by atoms with Crippen molar-refractivity contribution < 1.29 is 34.4 Å². The minimum Gasteiger partial charge on any atom is -0.508 e. The van der Waals surface area contributed by atoms with Crippen LogP contribution in [0.1, 0.15) is 59.4 Å². The van der Waals surface area contributed by atoms with Crippen molar-refractivity contribution in [2.45, 2.75) is 31.6 Å². The van der Waals surface area contributed by atoms with Crippen molar-refractivity contribution in [2.24, 2.45) is 0 Å². The minimum atomic E-state index is -0.0156. The number of hydrogen-bond donors (Lipinski definition) is 3. The van der Waals surface area contributed by atoms with Gasteiger partial charge in [0.25, 0.3) is 0 Å². The van der Waals surface area contributed by atoms with Crippen LogP contribution in [-0.4, -0.2) is 84.7 Å². The van der Waals surface area contributed by atoms with Crippen LogP contribution in [-0.2, 0) is 9.47 Å². The van der Waals surface area contributed by atoms with Gasteiger partial charge >= 0.3 is 0 Å². The molecule has 2 bridgehead atoms. The summed E-state index contributed by atoms with van der Waals surface area (Å²) in [5, 5.41) is 30.9. The Labute approximate surface area is 288 Å². The fraction of sp³-hybridized carbons (Fsp3) is 0.350. The van der Waals surface area contributed by atoms with Crippen molar-refractivity contribution in [1.29, 1.82) is 0 Å². The molecule has 1 heterocycles. The smallest absolute Gasteiger partial charge is 0.233 e. The number of phenolic OH excluding ortho intramolecular Hbond substituents is 1. The molecule has 4 aromatic rings. The van der Waals surface area contributed by atoms with Crippen LogP contribution in [0.2, 0.25) is 0 Å². The lowest BCUT2D eigenvalue weighted by molar-refractivity contribution is -0.000672. The Bertz CT molecular complexity index is 1690. The highest BCUT2D eigenvalue weighted by atomic mass is 16.7. The van der Waals surface area contributed by atoms with Crippen LogP contribution < -0.4 is 9.57 Å². The molecule has 258 valence electrons. The Morgan fingerprint density at radius 2 is 1.27 bits per heavy atom. The van der Waals surface area contributed by atoms with Gasteiger partial charge in [-0.2, -0.15) is 0 Å². The molecular weight excluding hydrogens is 620 g/mol. The summed E-state index contributed by atoms with van der Waals surface area (Å²) in [6, 6.07) is 26.0. The van der Waals surface area contributed by atoms with Crippen LogP contribution in [0, 0.1) is 0 Å². The number of aromatic hydroxyl groups is 3. The molecule has 2 aliphatic rings. The van der Waals surface area contributed by atoms with E-state index in [-0.39, 0.29) is 36.0 Å². The molecule has 0 fully saturated rings. The highest BCUT2D eigenvalue weighted by Gasteiger charge is 2.41. The van der Waals surface area contributed by atoms with Crippen molar-refractivity contribution >= 4 is 11.1 Å². The first-order chi connectivity index (χ1) is 23.9. The molecule has 2 unspecified atom stereocenters. The SMILES string of the molecule is CCC(=C(c1ccc(O)cc1)c1ccc(OCCN(C)CCOCCOCCOn2c(O)c3c(c2O)C2C=CC3C2)cc1)c1ccccc1. The lowest BCUT2D eigenvalue weighted by atomic mass is 9.88. The molecule has 0 amide bonds. The molecule has 0 spiro atoms. The first-order valence-electron chi connectivity index (χ1n) is 17.1. The maximum Gasteiger partial charge on any atom is 0.233 e. The third-order valence-electron chi connectivity index (χ3n) is 9.24. The Kier molecular flexibility index (Phi) is 11.3. The standard InChI is InChI=1S/C40H46N2O7/c1-3-35(28-7-5-4-6-8-28)36(29-11-15-33(43)16-12-29)30-13-17-34(18-14-30)48-22-20-41(2)19-21-46-23-24-47-25-26-49-42-39(44)37-31-9-10-32(27-31)38(37)40(42)45/h4-18,31-32,43-45H,3,19-27H2,1-2H3. The Morgan fingerprint density at radius 3 is 1.90 bits per heavy atom. The van der Waals surface area contributed by atoms with Gasteiger partial charge in [0.2, 0.25) is 11.8 Å². The van der Waals surface area contributed by atoms with Crippen molar-refractivity contribution in [2.75, 3.05) is 59.8 Å². The normalized spacial score (nSPS) is 16.6. The van der Waals surface area contributed by atoms with Gasteiger partial charge in [0.15, 0.2) is 0 Å². The van der Waals surface area contributed by atoms with E-state index in [0.717, 1.165) is 64.2 Å². The van der Waals surface area contributed by atoms with Crippen molar-refractivity contribution in [3.63, 3.8) is 0 Å². The van der Waals surface area contributed by atoms with E-state index in [2.05, 4.69) is 60.4 Å². The molecule has 2 aliphatic carbocycles. The molecule has 9 nitrogen and oxygen atoms in total. The molecule has 0 saturated heterocycles. The number of rotatable bonds is 18. The number of ether oxygens (including phenoxy) is 3. The van der Waals surface area contributed by atoms with Gasteiger partial charge in [-0.3, -0.25) is 0 Å². The monoisotopic (exact) mass is 666 g/mol. The molecule has 49 heavy (non-hydrogen) atoms. The first kappa shape index (κ1) is 34.2. The largest absolute Gasteiger partial charge is 0.508 e. The number of likely N-dealkylation sites (N-methyl/N-ethyl adjacent to an activating group) is 1. The van der Waals surface area contributed by atoms with Gasteiger partial charge in [-0.05, 0) is 72.0 Å². The summed E-state index contributed by atoms with van der Waals surface area (Å²) in [5.74, 6) is 1.34. The Hall–Kier alpha value is -4.70. The number of hydrogen-bond acceptors (Lipinski definition) is 8. The maximum atomic E-state index is 10.5. The van der Waals surface area contributed by atoms with Gasteiger partial charge in [0.1, 0.15) is 24.7 Å². The van der Waals surface area contributed by atoms with E-state index in [1.165, 1.54) is 11.1 Å². The average Bonchev–Trinajstić information content (AvgIpc) is 3.81. The van der Waals surface area contributed by atoms with E-state index < -0.39 is 0 Å². The second-order valence-corrected chi connectivity index (χ2v) is 12.5. The van der Waals surface area contributed by atoms with E-state index in [9.17, 15) is 15.3 Å². The Morgan fingerprint density at radius 1 is 0.694 bits per heavy atom. The zero-order valence-electron chi connectivity index (χ0n) is 28.3. The highest BCUT2D eigenvalue weighted by molar-refractivity contribution is 5.98. The molecule has 6 rings (SSSR count). The van der Waals surface area contributed by atoms with Crippen molar-refractivity contribution in [3.8, 4) is 23.3 Å². The van der Waals surface area contributed by atoms with Gasteiger partial charge < -0.3 is 39.3 Å². The van der Waals surface area contributed by atoms with Crippen LogP contribution in [0.25, 0.3) is 11.1 Å². The van der Waals surface area contributed by atoms with Gasteiger partial charge in [0.05, 0.1) is 26.4 Å². The highest BCUT2D eigenvalue weighted by Crippen LogP contribution is 2.56. The zero-order valence-corrected chi connectivity index (χ0v) is 28.3. The summed E-state index contributed by atoms with van der Waals surface area (Å²) in [4.78, 5) is 7.75. The fourth-order valence-corrected chi connectivity index (χ4v) is 6.73. The second-order valence-electron chi connectivity index (χ2n) is 12.5. The number of phenols is 1. The van der Waals surface area contributed by atoms with E-state index >= 15 is 0 Å². The number of allylic oxidation sites excluding steroid dienone is 3. The molecule has 3 N–H and O–H groups in total. The van der Waals surface area contributed by atoms with Crippen LogP contribution in [0.15, 0.2) is 91.0 Å². The summed E-state index contributed by atoms with van der Waals surface area (Å²) in [6.45, 7) is 6.22. The van der Waals surface area contributed by atoms with Gasteiger partial charge in [-0.1, -0.05) is 73.7 Å². The molecule has 0 radical (unpaired) electrons. The maximum absolute atomic E-state index is 10.5. The fourth-order valence-electron chi connectivity index (χ4n) is 6.73. The molecule has 0 aliphatic heterocycles. The van der Waals surface area contributed by atoms with Crippen molar-refractivity contribution in [1.82, 2.24) is 9.63 Å². The van der Waals surface area contributed by atoms with Gasteiger partial charge in [-0.15, -0.1) is 4.73 Å². The molecule has 1 aromatic heterocycles. The van der Waals surface area contributed by atoms with E-state index in [0.29, 0.717) is 33.0 Å². The van der Waals surface area contributed by atoms with E-state index in [1.807, 2.05) is 37.4 Å². The Balaban J connectivity index is 0.883. The lowest BCUT2D eigenvalue weighted by Crippen LogP contribution is -2.28. The third-order valence-corrected chi connectivity index (χ3v) is 9.24. The molecular formula is C40H46N2O7. The summed E-state index contributed by atoms with van der Waals surface area (Å²) >= 11 is 0. The first-order valence-corrected chi connectivity index (χ1v) is 17.1. The van der Waals surface area contributed by atoms with Gasteiger partial charge in [0, 0.05) is 36.1 Å². The summed E-state index contributed by atoms with van der Waals surface area (Å²) in [5.41, 5.74) is 7.28. The number of fused-ring (bicyclic) bond motifs is 5. The predicted molar refractivity (Wildman–Crippen MR) is 190 cm³/mol. The third kappa shape index (κ3) is 7.96. The van der Waals surface area contributed by atoms with Crippen LogP contribution in [0.4, 0.5) is 0 Å². The average molecular weight is 667 g/mol. The van der Waals surface area contributed by atoms with Crippen LogP contribution in [0.5, 0.6) is 23.3 Å². The molecule has 3 aromatic carbocycles. The molecule has 0 saturated carbocycles. The number of aromatic nitrogens is 1. The lowest BCUT2D eigenvalue weighted by Gasteiger charge is -2.18. The van der Waals surface area contributed by atoms with Gasteiger partial charge in [-0.25, -0.2) is 0 Å². The number of nitrogens with zero attached hydrogens (tertiary/aromatic N) is 2. The summed E-state index contributed by atoms with van der Waals surface area (Å²) in [6.07, 6.45) is 5.93. The topological polar surface area (TPSA) is 106 Å². The number of benzene rings is 3. The van der Waals surface area contributed by atoms with Crippen LogP contribution >= 0.6 is 0 Å². The summed E-state index contributed by atoms with van der Waals surface area (Å²) < 4.78 is 18.5. The van der Waals surface area contributed by atoms with E-state index in [4.69, 9.17) is 19.0 Å². The molecule has 2 atom stereocenters. The van der Waals surface area contributed by atoms with Crippen LogP contribution in [0.3, 0.4) is 0 Å². The summed E-state index contributed by atoms with van der Waals surface area (Å²) in [7, 11) is 2.04. The quantitative estimate of drug-likeness (QED) is 0.0621. The second kappa shape index (κ2) is 16.1. The predicted octanol–water partition coefficient (Wildman–Crippen LogP) is 6.59. The minimum absolute atomic E-state index is 0.0156. The zero-order chi connectivity index (χ0) is 34.2. The van der Waals surface area contributed by atoms with Crippen molar-refractivity contribution in [3.05, 3.63) is 119 Å².